The molecular weight excluding hydrogens is 554 g/mol. The number of hydrogen-bond acceptors (Lipinski definition) is 6. The van der Waals surface area contributed by atoms with Crippen molar-refractivity contribution in [2.75, 3.05) is 51.2 Å². The molecule has 2 aromatic heterocycles. The Morgan fingerprint density at radius 1 is 1.09 bits per heavy atom. The van der Waals surface area contributed by atoms with Gasteiger partial charge in [-0.25, -0.2) is 18.6 Å². The van der Waals surface area contributed by atoms with Gasteiger partial charge in [-0.1, -0.05) is 12.1 Å². The van der Waals surface area contributed by atoms with Crippen molar-refractivity contribution in [2.24, 2.45) is 0 Å². The number of carbonyl (C=O) groups excluding carboxylic acids is 1. The minimum atomic E-state index is -2.66. The Balaban J connectivity index is 1.13. The average molecular weight is 591 g/mol. The van der Waals surface area contributed by atoms with Crippen molar-refractivity contribution >= 4 is 22.8 Å². The molecule has 2 amide bonds. The number of halogens is 2. The third-order valence-electron chi connectivity index (χ3n) is 8.47. The van der Waals surface area contributed by atoms with Crippen LogP contribution in [0.4, 0.5) is 19.3 Å². The molecule has 0 radical (unpaired) electrons. The third kappa shape index (κ3) is 6.34. The lowest BCUT2D eigenvalue weighted by Gasteiger charge is -2.35. The monoisotopic (exact) mass is 590 g/mol. The normalized spacial score (nSPS) is 17.8. The molecule has 6 rings (SSSR count). The SMILES string of the molecule is C[C@H]1c2cc(Oc3ccnc4[nH]ccc34)ccc2CCN1C(=O)Nc1ccc(CN2CCN(CCO)CC2)c(C(F)F)c1. The zero-order chi connectivity index (χ0) is 29.9. The number of fused-ring (bicyclic) bond motifs is 2. The average Bonchev–Trinajstić information content (AvgIpc) is 3.49. The maximum absolute atomic E-state index is 14.1. The molecule has 0 saturated carbocycles. The first-order valence-corrected chi connectivity index (χ1v) is 14.7. The van der Waals surface area contributed by atoms with E-state index in [9.17, 15) is 13.6 Å². The highest BCUT2D eigenvalue weighted by Crippen LogP contribution is 2.36. The second-order valence-electron chi connectivity index (χ2n) is 11.1. The number of piperazine rings is 1. The van der Waals surface area contributed by atoms with Crippen LogP contribution in [0.15, 0.2) is 60.9 Å². The summed E-state index contributed by atoms with van der Waals surface area (Å²) in [5, 5.41) is 12.9. The number of anilines is 1. The number of nitrogens with one attached hydrogen (secondary N) is 2. The Kier molecular flexibility index (Phi) is 8.55. The third-order valence-corrected chi connectivity index (χ3v) is 8.47. The van der Waals surface area contributed by atoms with Gasteiger partial charge in [-0.15, -0.1) is 0 Å². The van der Waals surface area contributed by atoms with Crippen LogP contribution in [0.25, 0.3) is 11.0 Å². The number of amides is 2. The van der Waals surface area contributed by atoms with Crippen LogP contribution in [0.3, 0.4) is 0 Å². The molecule has 0 aliphatic carbocycles. The minimum Gasteiger partial charge on any atom is -0.457 e. The van der Waals surface area contributed by atoms with E-state index in [1.807, 2.05) is 43.5 Å². The van der Waals surface area contributed by atoms with Crippen molar-refractivity contribution in [1.82, 2.24) is 24.7 Å². The molecule has 0 bridgehead atoms. The summed E-state index contributed by atoms with van der Waals surface area (Å²) in [4.78, 5) is 26.8. The van der Waals surface area contributed by atoms with Crippen molar-refractivity contribution in [1.29, 1.82) is 0 Å². The molecule has 2 aromatic carbocycles. The van der Waals surface area contributed by atoms with Crippen LogP contribution in [0.5, 0.6) is 11.5 Å². The number of carbonyl (C=O) groups is 1. The highest BCUT2D eigenvalue weighted by molar-refractivity contribution is 5.90. The number of aliphatic hydroxyl groups is 1. The second-order valence-corrected chi connectivity index (χ2v) is 11.1. The van der Waals surface area contributed by atoms with E-state index in [4.69, 9.17) is 9.84 Å². The Bertz CT molecular complexity index is 1590. The van der Waals surface area contributed by atoms with Crippen LogP contribution in [0.1, 0.15) is 41.6 Å². The molecule has 1 fully saturated rings. The fourth-order valence-corrected chi connectivity index (χ4v) is 6.05. The number of β-amino-alcohol motifs (C(OH)–C–C–N with tert-alkyl or cyclic N) is 1. The molecule has 2 aliphatic heterocycles. The van der Waals surface area contributed by atoms with Crippen LogP contribution >= 0.6 is 0 Å². The maximum Gasteiger partial charge on any atom is 0.322 e. The summed E-state index contributed by atoms with van der Waals surface area (Å²) in [7, 11) is 0. The summed E-state index contributed by atoms with van der Waals surface area (Å²) in [5.41, 5.74) is 3.71. The van der Waals surface area contributed by atoms with Crippen molar-refractivity contribution in [3.63, 3.8) is 0 Å². The number of alkyl halides is 2. The molecule has 1 atom stereocenters. The predicted octanol–water partition coefficient (Wildman–Crippen LogP) is 5.55. The Labute approximate surface area is 249 Å². The van der Waals surface area contributed by atoms with E-state index < -0.39 is 6.43 Å². The topological polar surface area (TPSA) is 97.0 Å². The van der Waals surface area contributed by atoms with Crippen LogP contribution in [-0.2, 0) is 13.0 Å². The van der Waals surface area contributed by atoms with E-state index in [1.54, 1.807) is 23.2 Å². The highest BCUT2D eigenvalue weighted by Gasteiger charge is 2.29. The highest BCUT2D eigenvalue weighted by atomic mass is 19.3. The largest absolute Gasteiger partial charge is 0.457 e. The molecule has 2 aliphatic rings. The van der Waals surface area contributed by atoms with Gasteiger partial charge in [-0.2, -0.15) is 0 Å². The van der Waals surface area contributed by atoms with Gasteiger partial charge in [0.1, 0.15) is 17.1 Å². The zero-order valence-electron chi connectivity index (χ0n) is 24.1. The molecule has 3 N–H and O–H groups in total. The first-order valence-electron chi connectivity index (χ1n) is 14.7. The summed E-state index contributed by atoms with van der Waals surface area (Å²) in [6.45, 7) is 6.73. The van der Waals surface area contributed by atoms with Crippen LogP contribution in [0.2, 0.25) is 0 Å². The molecule has 4 aromatic rings. The predicted molar refractivity (Wildman–Crippen MR) is 161 cm³/mol. The number of aromatic nitrogens is 2. The second kappa shape index (κ2) is 12.7. The van der Waals surface area contributed by atoms with Crippen molar-refractivity contribution in [2.45, 2.75) is 32.4 Å². The number of H-pyrrole nitrogens is 1. The summed E-state index contributed by atoms with van der Waals surface area (Å²) in [6, 6.07) is 13.9. The van der Waals surface area contributed by atoms with Crippen LogP contribution in [0, 0.1) is 0 Å². The number of hydrogen-bond donors (Lipinski definition) is 3. The van der Waals surface area contributed by atoms with E-state index in [0.717, 1.165) is 48.3 Å². The summed E-state index contributed by atoms with van der Waals surface area (Å²) in [5.74, 6) is 1.35. The maximum atomic E-state index is 14.1. The van der Waals surface area contributed by atoms with Gasteiger partial charge < -0.3 is 25.0 Å². The summed E-state index contributed by atoms with van der Waals surface area (Å²) < 4.78 is 34.4. The van der Waals surface area contributed by atoms with Gasteiger partial charge >= 0.3 is 6.03 Å². The number of ether oxygens (including phenoxy) is 1. The lowest BCUT2D eigenvalue weighted by atomic mass is 9.93. The molecule has 0 spiro atoms. The smallest absolute Gasteiger partial charge is 0.322 e. The van der Waals surface area contributed by atoms with Gasteiger partial charge in [0, 0.05) is 69.5 Å². The first kappa shape index (κ1) is 29.0. The quantitative estimate of drug-likeness (QED) is 0.249. The number of pyridine rings is 1. The van der Waals surface area contributed by atoms with E-state index in [2.05, 4.69) is 25.1 Å². The van der Waals surface area contributed by atoms with Crippen molar-refractivity contribution in [3.05, 3.63) is 83.2 Å². The summed E-state index contributed by atoms with van der Waals surface area (Å²) in [6.07, 6.45) is 1.52. The molecule has 11 heteroatoms. The number of rotatable bonds is 8. The Morgan fingerprint density at radius 3 is 2.70 bits per heavy atom. The number of benzene rings is 2. The zero-order valence-corrected chi connectivity index (χ0v) is 24.1. The molecular formula is C32H36F2N6O3. The Hall–Kier alpha value is -4.06. The standard InChI is InChI=1S/C32H36F2N6O3/c1-21-27-19-25(43-29-7-10-36-31-26(29)6-9-35-31)5-3-22(27)8-11-40(21)32(42)37-24-4-2-23(28(18-24)30(33)34)20-39-14-12-38(13-15-39)16-17-41/h2-7,9-10,18-19,21,30,41H,8,11-17,20H2,1H3,(H,35,36)(H,37,42)/t21-/m0/s1. The molecule has 1 saturated heterocycles. The van der Waals surface area contributed by atoms with Crippen LogP contribution < -0.4 is 10.1 Å². The number of nitrogens with zero attached hydrogens (tertiary/aromatic N) is 4. The molecule has 226 valence electrons. The van der Waals surface area contributed by atoms with Crippen LogP contribution in [-0.4, -0.2) is 81.7 Å². The van der Waals surface area contributed by atoms with Gasteiger partial charge in [0.05, 0.1) is 18.0 Å². The number of aliphatic hydroxyl groups excluding tert-OH is 1. The summed E-state index contributed by atoms with van der Waals surface area (Å²) >= 11 is 0. The fraction of sp³-hybridized carbons (Fsp3) is 0.375. The van der Waals surface area contributed by atoms with Gasteiger partial charge in [0.2, 0.25) is 0 Å². The molecule has 43 heavy (non-hydrogen) atoms. The van der Waals surface area contributed by atoms with E-state index in [0.29, 0.717) is 48.8 Å². The van der Waals surface area contributed by atoms with E-state index >= 15 is 0 Å². The van der Waals surface area contributed by atoms with Crippen molar-refractivity contribution < 1.29 is 23.4 Å². The Morgan fingerprint density at radius 2 is 1.91 bits per heavy atom. The number of aromatic amines is 1. The van der Waals surface area contributed by atoms with Crippen molar-refractivity contribution in [3.8, 4) is 11.5 Å². The fourth-order valence-electron chi connectivity index (χ4n) is 6.05. The van der Waals surface area contributed by atoms with Gasteiger partial charge in [-0.05, 0) is 66.4 Å². The van der Waals surface area contributed by atoms with E-state index in [-0.39, 0.29) is 24.2 Å². The number of urea groups is 1. The minimum absolute atomic E-state index is 0.0675. The molecule has 0 unspecified atom stereocenters. The van der Waals surface area contributed by atoms with Gasteiger partial charge in [0.15, 0.2) is 0 Å². The lowest BCUT2D eigenvalue weighted by molar-refractivity contribution is 0.106. The van der Waals surface area contributed by atoms with Gasteiger partial charge in [-0.3, -0.25) is 9.80 Å². The van der Waals surface area contributed by atoms with E-state index in [1.165, 1.54) is 6.07 Å². The van der Waals surface area contributed by atoms with Gasteiger partial charge in [0.25, 0.3) is 6.43 Å². The molecule has 4 heterocycles. The first-order chi connectivity index (χ1) is 20.9. The molecule has 9 nitrogen and oxygen atoms in total. The lowest BCUT2D eigenvalue weighted by Crippen LogP contribution is -2.46.